The summed E-state index contributed by atoms with van der Waals surface area (Å²) < 4.78 is 0. The van der Waals surface area contributed by atoms with Crippen LogP contribution in [0.2, 0.25) is 0 Å². The third-order valence-electron chi connectivity index (χ3n) is 0. The topological polar surface area (TPSA) is 0 Å². The average molecular weight is 105 g/mol. The quantitative estimate of drug-likeness (QED) is 0.415. The maximum Gasteiger partial charge on any atom is -0.00296 e. The van der Waals surface area contributed by atoms with Crippen molar-refractivity contribution in [3.05, 3.63) is 24.8 Å². The number of allylic oxidation sites excluding steroid dienone is 1. The monoisotopic (exact) mass is 104 g/mol. The zero-order chi connectivity index (χ0) is 5.41. The van der Waals surface area contributed by atoms with E-state index in [-0.39, 0.29) is 0 Å². The summed E-state index contributed by atoms with van der Waals surface area (Å²) >= 11 is 4.76. The summed E-state index contributed by atoms with van der Waals surface area (Å²) in [7, 11) is 0. The fourth-order valence-corrected chi connectivity index (χ4v) is 0. The van der Waals surface area contributed by atoms with Gasteiger partial charge in [-0.25, -0.2) is 0 Å². The van der Waals surface area contributed by atoms with Gasteiger partial charge in [-0.15, -0.1) is 6.58 Å². The molecule has 0 aliphatic rings. The molecule has 0 nitrogen and oxygen atoms in total. The van der Waals surface area contributed by atoms with Crippen molar-refractivity contribution in [3.63, 3.8) is 0 Å². The highest BCUT2D eigenvalue weighted by molar-refractivity contribution is 6.25. The average Bonchev–Trinajstić information content (AvgIpc) is 1.39. The smallest absolute Gasteiger partial charge is 0.00296 e. The fraction of sp³-hybridized carbons (Fsp3) is 0.200. The molecular weight excluding hydrogens is 95.5 g/mol. The van der Waals surface area contributed by atoms with Crippen LogP contribution in [0.15, 0.2) is 24.8 Å². The van der Waals surface area contributed by atoms with Crippen LogP contribution in [0, 0.1) is 0 Å². The molecule has 0 N–H and O–H groups in total. The Balaban J connectivity index is 0. The van der Waals surface area contributed by atoms with Gasteiger partial charge >= 0.3 is 0 Å². The summed E-state index contributed by atoms with van der Waals surface area (Å²) in [6, 6.07) is 0. The van der Waals surface area contributed by atoms with Crippen molar-refractivity contribution in [1.82, 2.24) is 0 Å². The van der Waals surface area contributed by atoms with Gasteiger partial charge < -0.3 is 0 Å². The summed E-state index contributed by atoms with van der Waals surface area (Å²) in [6.07, 6.45) is 1.75. The lowest BCUT2D eigenvalue weighted by Crippen LogP contribution is -1.07. The molecule has 0 rings (SSSR count). The lowest BCUT2D eigenvalue weighted by molar-refractivity contribution is 1.80. The largest absolute Gasteiger partial charge is 0.103 e. The van der Waals surface area contributed by atoms with E-state index in [9.17, 15) is 0 Å². The van der Waals surface area contributed by atoms with E-state index in [0.717, 1.165) is 0 Å². The Labute approximate surface area is 44.1 Å². The Bertz CT molecular complexity index is 24.9. The van der Waals surface area contributed by atoms with Crippen molar-refractivity contribution in [1.29, 1.82) is 0 Å². The molecule has 0 unspecified atom stereocenters. The first-order valence-electron chi connectivity index (χ1n) is 1.61. The van der Waals surface area contributed by atoms with Crippen molar-refractivity contribution >= 4 is 11.6 Å². The van der Waals surface area contributed by atoms with Crippen molar-refractivity contribution in [2.24, 2.45) is 0 Å². The van der Waals surface area contributed by atoms with Gasteiger partial charge in [0.05, 0.1) is 0 Å². The number of hydrogen-bond acceptors (Lipinski definition) is 0. The molecule has 0 spiro atoms. The molecule has 0 bridgehead atoms. The molecule has 0 fully saturated rings. The van der Waals surface area contributed by atoms with Crippen LogP contribution in [-0.2, 0) is 0 Å². The third-order valence-corrected chi connectivity index (χ3v) is 0. The van der Waals surface area contributed by atoms with Crippen LogP contribution in [0.4, 0.5) is 0 Å². The highest BCUT2D eigenvalue weighted by Gasteiger charge is 1.18. The SMILES string of the molecule is C=CC.C=CCl. The molecule has 36 valence electrons. The standard InChI is InChI=1S/C3H6.C2H3Cl/c1-3-2;1-2-3/h3H,1H2,2H3;2H,1H2. The molecule has 0 amide bonds. The first-order valence-corrected chi connectivity index (χ1v) is 2.05. The van der Waals surface area contributed by atoms with E-state index in [4.69, 9.17) is 11.6 Å². The van der Waals surface area contributed by atoms with E-state index in [1.54, 1.807) is 6.08 Å². The normalized spacial score (nSPS) is 4.33. The first kappa shape index (κ1) is 9.24. The molecule has 0 aliphatic heterocycles. The molecule has 0 radical (unpaired) electrons. The van der Waals surface area contributed by atoms with Gasteiger partial charge in [-0.05, 0) is 12.5 Å². The van der Waals surface area contributed by atoms with Gasteiger partial charge in [-0.1, -0.05) is 24.3 Å². The molecule has 0 aromatic heterocycles. The van der Waals surface area contributed by atoms with Gasteiger partial charge in [-0.2, -0.15) is 0 Å². The summed E-state index contributed by atoms with van der Waals surface area (Å²) in [6.45, 7) is 8.38. The van der Waals surface area contributed by atoms with E-state index in [0.29, 0.717) is 0 Å². The molecule has 0 aromatic rings. The van der Waals surface area contributed by atoms with E-state index >= 15 is 0 Å². The second kappa shape index (κ2) is 21.6. The lowest BCUT2D eigenvalue weighted by Gasteiger charge is -1.31. The maximum absolute atomic E-state index is 4.76. The van der Waals surface area contributed by atoms with Gasteiger partial charge in [0.2, 0.25) is 0 Å². The summed E-state index contributed by atoms with van der Waals surface area (Å²) in [5.41, 5.74) is 1.22. The Morgan fingerprint density at radius 1 is 1.50 bits per heavy atom. The Hall–Kier alpha value is -0.230. The third kappa shape index (κ3) is 547. The van der Waals surface area contributed by atoms with E-state index in [1.165, 1.54) is 5.54 Å². The molecule has 0 heterocycles. The first-order chi connectivity index (χ1) is 2.83. The molecule has 0 aliphatic carbocycles. The van der Waals surface area contributed by atoms with Crippen LogP contribution >= 0.6 is 11.6 Å². The van der Waals surface area contributed by atoms with Crippen LogP contribution < -0.4 is 0 Å². The summed E-state index contributed by atoms with van der Waals surface area (Å²) in [5, 5.41) is 0. The Morgan fingerprint density at radius 2 is 1.50 bits per heavy atom. The van der Waals surface area contributed by atoms with E-state index in [2.05, 4.69) is 13.2 Å². The van der Waals surface area contributed by atoms with Gasteiger partial charge in [-0.3, -0.25) is 0 Å². The van der Waals surface area contributed by atoms with Gasteiger partial charge in [0, 0.05) is 0 Å². The second-order valence-electron chi connectivity index (χ2n) is 0.563. The van der Waals surface area contributed by atoms with E-state index < -0.39 is 0 Å². The van der Waals surface area contributed by atoms with Gasteiger partial charge in [0.25, 0.3) is 0 Å². The Morgan fingerprint density at radius 3 is 1.50 bits per heavy atom. The predicted octanol–water partition coefficient (Wildman–Crippen LogP) is 2.56. The van der Waals surface area contributed by atoms with E-state index in [1.807, 2.05) is 6.92 Å². The minimum absolute atomic E-state index is 1.22. The lowest BCUT2D eigenvalue weighted by atomic mass is 10.8. The minimum atomic E-state index is 1.22. The number of halogens is 1. The molecule has 0 saturated heterocycles. The Kier molecular flexibility index (Phi) is 33.3. The van der Waals surface area contributed by atoms with Crippen LogP contribution in [-0.4, -0.2) is 0 Å². The summed E-state index contributed by atoms with van der Waals surface area (Å²) in [4.78, 5) is 0. The summed E-state index contributed by atoms with van der Waals surface area (Å²) in [5.74, 6) is 0. The molecular formula is C5H9Cl. The number of hydrogen-bond donors (Lipinski definition) is 0. The molecule has 0 atom stereocenters. The fourth-order valence-electron chi connectivity index (χ4n) is 0. The van der Waals surface area contributed by atoms with Gasteiger partial charge in [0.1, 0.15) is 0 Å². The number of rotatable bonds is 0. The highest BCUT2D eigenvalue weighted by Crippen LogP contribution is 1.60. The van der Waals surface area contributed by atoms with Crippen LogP contribution in [0.3, 0.4) is 0 Å². The molecule has 1 heteroatoms. The predicted molar refractivity (Wildman–Crippen MR) is 31.9 cm³/mol. The van der Waals surface area contributed by atoms with Crippen LogP contribution in [0.1, 0.15) is 6.92 Å². The molecule has 0 saturated carbocycles. The minimum Gasteiger partial charge on any atom is -0.103 e. The van der Waals surface area contributed by atoms with Gasteiger partial charge in [0.15, 0.2) is 0 Å². The van der Waals surface area contributed by atoms with Crippen LogP contribution in [0.25, 0.3) is 0 Å². The zero-order valence-electron chi connectivity index (χ0n) is 3.95. The van der Waals surface area contributed by atoms with Crippen molar-refractivity contribution in [2.45, 2.75) is 6.92 Å². The van der Waals surface area contributed by atoms with Crippen molar-refractivity contribution in [2.75, 3.05) is 0 Å². The second-order valence-corrected chi connectivity index (χ2v) is 0.871. The maximum atomic E-state index is 4.76. The zero-order valence-corrected chi connectivity index (χ0v) is 4.70. The molecule has 6 heavy (non-hydrogen) atoms. The molecule has 0 aromatic carbocycles. The van der Waals surface area contributed by atoms with Crippen molar-refractivity contribution < 1.29 is 0 Å². The van der Waals surface area contributed by atoms with Crippen LogP contribution in [0.5, 0.6) is 0 Å². The highest BCUT2D eigenvalue weighted by atomic mass is 35.5. The van der Waals surface area contributed by atoms with Crippen molar-refractivity contribution in [3.8, 4) is 0 Å².